The number of aromatic nitrogens is 1. The van der Waals surface area contributed by atoms with Crippen LogP contribution in [0, 0.1) is 0 Å². The Morgan fingerprint density at radius 3 is 2.39 bits per heavy atom. The molecule has 1 aromatic heterocycles. The number of aliphatic hydroxyl groups is 1. The van der Waals surface area contributed by atoms with Crippen molar-refractivity contribution in [2.45, 2.75) is 39.7 Å². The number of carbonyl (C=O) groups is 2. The molecule has 1 atom stereocenters. The van der Waals surface area contributed by atoms with Gasteiger partial charge in [-0.1, -0.05) is 19.9 Å². The lowest BCUT2D eigenvalue weighted by Gasteiger charge is -2.25. The number of hydrogen-bond acceptors (Lipinski definition) is 6. The number of anilines is 1. The molecular formula is C29H30N2O5. The zero-order valence-electron chi connectivity index (χ0n) is 20.9. The maximum atomic E-state index is 13.4. The van der Waals surface area contributed by atoms with Crippen LogP contribution in [0.3, 0.4) is 0 Å². The summed E-state index contributed by atoms with van der Waals surface area (Å²) in [6.07, 6.45) is 3.19. The summed E-state index contributed by atoms with van der Waals surface area (Å²) in [5.41, 5.74) is 2.52. The fraction of sp³-hybridized carbons (Fsp3) is 0.276. The molecule has 1 unspecified atom stereocenters. The van der Waals surface area contributed by atoms with E-state index >= 15 is 0 Å². The minimum atomic E-state index is -0.834. The Kier molecular flexibility index (Phi) is 7.38. The molecule has 4 rings (SSSR count). The summed E-state index contributed by atoms with van der Waals surface area (Å²) in [4.78, 5) is 32.3. The first-order valence-corrected chi connectivity index (χ1v) is 12.1. The van der Waals surface area contributed by atoms with Crippen LogP contribution in [0.1, 0.15) is 56.3 Å². The summed E-state index contributed by atoms with van der Waals surface area (Å²) < 4.78 is 11.4. The van der Waals surface area contributed by atoms with Crippen LogP contribution < -0.4 is 14.4 Å². The highest BCUT2D eigenvalue weighted by Gasteiger charge is 2.47. The molecule has 0 saturated carbocycles. The largest absolute Gasteiger partial charge is 0.507 e. The van der Waals surface area contributed by atoms with Crippen LogP contribution in [0.4, 0.5) is 5.69 Å². The fourth-order valence-electron chi connectivity index (χ4n) is 4.44. The maximum absolute atomic E-state index is 13.4. The van der Waals surface area contributed by atoms with E-state index in [1.54, 1.807) is 60.9 Å². The van der Waals surface area contributed by atoms with Gasteiger partial charge >= 0.3 is 0 Å². The van der Waals surface area contributed by atoms with E-state index in [1.807, 2.05) is 33.8 Å². The summed E-state index contributed by atoms with van der Waals surface area (Å²) in [6.45, 7) is 8.82. The van der Waals surface area contributed by atoms with Gasteiger partial charge in [0.15, 0.2) is 0 Å². The van der Waals surface area contributed by atoms with Crippen LogP contribution >= 0.6 is 0 Å². The zero-order chi connectivity index (χ0) is 25.8. The number of amides is 1. The Bertz CT molecular complexity index is 1300. The standard InChI is InChI=1S/C29H30N2O5/c1-5-35-22-9-7-8-21(17-22)31-26(19-12-14-30-15-13-19)25(28(33)29(31)34)27(32)20-10-11-24(36-6-2)23(16-20)18(3)4/h7-18,26,32H,5-6H2,1-4H3/b27-25-. The van der Waals surface area contributed by atoms with E-state index in [2.05, 4.69) is 4.98 Å². The van der Waals surface area contributed by atoms with Crippen molar-refractivity contribution in [2.24, 2.45) is 0 Å². The van der Waals surface area contributed by atoms with Gasteiger partial charge in [0.2, 0.25) is 0 Å². The third-order valence-corrected chi connectivity index (χ3v) is 6.08. The SMILES string of the molecule is CCOc1cccc(N2C(=O)C(=O)/C(=C(\O)c3ccc(OCC)c(C(C)C)c3)C2c2ccncc2)c1. The van der Waals surface area contributed by atoms with Gasteiger partial charge in [-0.15, -0.1) is 0 Å². The minimum Gasteiger partial charge on any atom is -0.507 e. The lowest BCUT2D eigenvalue weighted by molar-refractivity contribution is -0.132. The second-order valence-electron chi connectivity index (χ2n) is 8.72. The van der Waals surface area contributed by atoms with Crippen molar-refractivity contribution in [3.8, 4) is 11.5 Å². The van der Waals surface area contributed by atoms with Crippen molar-refractivity contribution < 1.29 is 24.2 Å². The van der Waals surface area contributed by atoms with Crippen molar-refractivity contribution in [2.75, 3.05) is 18.1 Å². The van der Waals surface area contributed by atoms with Crippen LogP contribution in [0.25, 0.3) is 5.76 Å². The highest BCUT2D eigenvalue weighted by atomic mass is 16.5. The zero-order valence-corrected chi connectivity index (χ0v) is 20.9. The van der Waals surface area contributed by atoms with Crippen LogP contribution in [-0.2, 0) is 9.59 Å². The van der Waals surface area contributed by atoms with E-state index in [9.17, 15) is 14.7 Å². The first-order chi connectivity index (χ1) is 17.4. The number of nitrogens with zero attached hydrogens (tertiary/aromatic N) is 2. The predicted molar refractivity (Wildman–Crippen MR) is 138 cm³/mol. The van der Waals surface area contributed by atoms with E-state index in [4.69, 9.17) is 9.47 Å². The van der Waals surface area contributed by atoms with Gasteiger partial charge in [-0.3, -0.25) is 19.5 Å². The Morgan fingerprint density at radius 2 is 1.72 bits per heavy atom. The van der Waals surface area contributed by atoms with Crippen molar-refractivity contribution in [1.29, 1.82) is 0 Å². The number of benzene rings is 2. The molecule has 1 saturated heterocycles. The number of Topliss-reactive ketones (excluding diaryl/α,β-unsaturated/α-hetero) is 1. The van der Waals surface area contributed by atoms with Gasteiger partial charge in [-0.25, -0.2) is 0 Å². The predicted octanol–water partition coefficient (Wildman–Crippen LogP) is 5.63. The molecule has 0 bridgehead atoms. The monoisotopic (exact) mass is 486 g/mol. The van der Waals surface area contributed by atoms with E-state index in [1.165, 1.54) is 4.90 Å². The van der Waals surface area contributed by atoms with Gasteiger partial charge in [0.05, 0.1) is 24.8 Å². The summed E-state index contributed by atoms with van der Waals surface area (Å²) in [6, 6.07) is 15.0. The van der Waals surface area contributed by atoms with Gasteiger partial charge in [-0.05, 0) is 73.4 Å². The smallest absolute Gasteiger partial charge is 0.300 e. The molecule has 1 aliphatic heterocycles. The van der Waals surface area contributed by atoms with Gasteiger partial charge < -0.3 is 14.6 Å². The average Bonchev–Trinajstić information content (AvgIpc) is 3.15. The molecule has 1 N–H and O–H groups in total. The summed E-state index contributed by atoms with van der Waals surface area (Å²) in [7, 11) is 0. The highest BCUT2D eigenvalue weighted by molar-refractivity contribution is 6.51. The van der Waals surface area contributed by atoms with E-state index in [0.717, 1.165) is 11.3 Å². The summed E-state index contributed by atoms with van der Waals surface area (Å²) in [5.74, 6) is -0.276. The quantitative estimate of drug-likeness (QED) is 0.252. The molecule has 0 radical (unpaired) electrons. The Hall–Kier alpha value is -4.13. The molecular weight excluding hydrogens is 456 g/mol. The van der Waals surface area contributed by atoms with Crippen LogP contribution in [-0.4, -0.2) is 35.0 Å². The fourth-order valence-corrected chi connectivity index (χ4v) is 4.44. The van der Waals surface area contributed by atoms with Crippen LogP contribution in [0.5, 0.6) is 11.5 Å². The number of ketones is 1. The molecule has 1 amide bonds. The molecule has 1 fully saturated rings. The molecule has 7 heteroatoms. The molecule has 1 aliphatic rings. The molecule has 2 aromatic carbocycles. The number of hydrogen-bond donors (Lipinski definition) is 1. The Morgan fingerprint density at radius 1 is 1.00 bits per heavy atom. The average molecular weight is 487 g/mol. The molecule has 2 heterocycles. The lowest BCUT2D eigenvalue weighted by Crippen LogP contribution is -2.29. The topological polar surface area (TPSA) is 89.0 Å². The second kappa shape index (κ2) is 10.6. The lowest BCUT2D eigenvalue weighted by atomic mass is 9.93. The number of aliphatic hydroxyl groups excluding tert-OH is 1. The van der Waals surface area contributed by atoms with Crippen molar-refractivity contribution >= 4 is 23.1 Å². The minimum absolute atomic E-state index is 0.0203. The van der Waals surface area contributed by atoms with E-state index in [-0.39, 0.29) is 17.3 Å². The van der Waals surface area contributed by atoms with Gasteiger partial charge in [0, 0.05) is 29.7 Å². The maximum Gasteiger partial charge on any atom is 0.300 e. The highest BCUT2D eigenvalue weighted by Crippen LogP contribution is 2.43. The second-order valence-corrected chi connectivity index (χ2v) is 8.72. The number of carbonyl (C=O) groups excluding carboxylic acids is 2. The number of ether oxygens (including phenoxy) is 2. The molecule has 3 aromatic rings. The summed E-state index contributed by atoms with van der Waals surface area (Å²) in [5, 5.41) is 11.5. The van der Waals surface area contributed by atoms with Crippen molar-refractivity contribution in [3.63, 3.8) is 0 Å². The van der Waals surface area contributed by atoms with E-state index < -0.39 is 17.7 Å². The van der Waals surface area contributed by atoms with Crippen LogP contribution in [0.15, 0.2) is 72.6 Å². The Balaban J connectivity index is 1.90. The van der Waals surface area contributed by atoms with E-state index in [0.29, 0.717) is 35.8 Å². The molecule has 7 nitrogen and oxygen atoms in total. The third kappa shape index (κ3) is 4.69. The molecule has 186 valence electrons. The van der Waals surface area contributed by atoms with Gasteiger partial charge in [0.25, 0.3) is 11.7 Å². The van der Waals surface area contributed by atoms with Crippen molar-refractivity contribution in [1.82, 2.24) is 4.98 Å². The molecule has 0 aliphatic carbocycles. The normalized spacial score (nSPS) is 17.0. The van der Waals surface area contributed by atoms with Gasteiger partial charge in [0.1, 0.15) is 17.3 Å². The number of rotatable bonds is 8. The Labute approximate surface area is 211 Å². The summed E-state index contributed by atoms with van der Waals surface area (Å²) >= 11 is 0. The first kappa shape index (κ1) is 25.0. The molecule has 36 heavy (non-hydrogen) atoms. The molecule has 0 spiro atoms. The first-order valence-electron chi connectivity index (χ1n) is 12.1. The third-order valence-electron chi connectivity index (χ3n) is 6.08. The number of pyridine rings is 1. The van der Waals surface area contributed by atoms with Crippen molar-refractivity contribution in [3.05, 3.63) is 89.3 Å². The van der Waals surface area contributed by atoms with Gasteiger partial charge in [-0.2, -0.15) is 0 Å². The van der Waals surface area contributed by atoms with Crippen LogP contribution in [0.2, 0.25) is 0 Å².